The van der Waals surface area contributed by atoms with Crippen LogP contribution in [0.25, 0.3) is 0 Å². The fraction of sp³-hybridized carbons (Fsp3) is 0.250. The Hall–Kier alpha value is 0.280. The van der Waals surface area contributed by atoms with Crippen LogP contribution in [0, 0.1) is 0 Å². The maximum absolute atomic E-state index is 5.96. The van der Waals surface area contributed by atoms with Crippen molar-refractivity contribution in [3.05, 3.63) is 34.9 Å². The van der Waals surface area contributed by atoms with Crippen molar-refractivity contribution in [2.75, 3.05) is 5.33 Å². The molecule has 1 aromatic rings. The first-order chi connectivity index (χ1) is 5.24. The van der Waals surface area contributed by atoms with Gasteiger partial charge in [-0.15, -0.1) is 11.6 Å². The lowest BCUT2D eigenvalue weighted by atomic mass is 10.2. The molecule has 0 aliphatic heterocycles. The van der Waals surface area contributed by atoms with Gasteiger partial charge in [0.1, 0.15) is 0 Å². The van der Waals surface area contributed by atoms with Crippen molar-refractivity contribution in [1.82, 2.24) is 0 Å². The summed E-state index contributed by atoms with van der Waals surface area (Å²) < 4.78 is 0. The molecule has 0 saturated heterocycles. The minimum atomic E-state index is 0.00806. The smallest absolute Gasteiger partial charge is 0.0682 e. The van der Waals surface area contributed by atoms with E-state index in [1.807, 2.05) is 24.3 Å². The Morgan fingerprint density at radius 3 is 2.73 bits per heavy atom. The molecule has 0 radical (unpaired) electrons. The zero-order valence-electron chi connectivity index (χ0n) is 5.73. The summed E-state index contributed by atoms with van der Waals surface area (Å²) in [5, 5.41) is 1.48. The first kappa shape index (κ1) is 9.37. The van der Waals surface area contributed by atoms with E-state index in [0.29, 0.717) is 0 Å². The van der Waals surface area contributed by atoms with Gasteiger partial charge in [-0.2, -0.15) is 0 Å². The number of benzene rings is 1. The Morgan fingerprint density at radius 2 is 2.18 bits per heavy atom. The number of alkyl halides is 2. The molecule has 11 heavy (non-hydrogen) atoms. The highest BCUT2D eigenvalue weighted by atomic mass is 79.9. The van der Waals surface area contributed by atoms with Crippen molar-refractivity contribution in [2.24, 2.45) is 0 Å². The third-order valence-electron chi connectivity index (χ3n) is 1.35. The maximum atomic E-state index is 5.96. The fourth-order valence-electron chi connectivity index (χ4n) is 0.791. The summed E-state index contributed by atoms with van der Waals surface area (Å²) in [5.74, 6) is 0. The molecule has 0 saturated carbocycles. The third kappa shape index (κ3) is 2.66. The zero-order valence-corrected chi connectivity index (χ0v) is 8.83. The lowest BCUT2D eigenvalue weighted by molar-refractivity contribution is 1.11. The van der Waals surface area contributed by atoms with E-state index in [2.05, 4.69) is 15.9 Å². The number of hydrogen-bond donors (Lipinski definition) is 0. The molecule has 0 amide bonds. The molecule has 0 aromatic heterocycles. The molecule has 1 aromatic carbocycles. The average molecular weight is 254 g/mol. The molecule has 0 bridgehead atoms. The van der Waals surface area contributed by atoms with E-state index >= 15 is 0 Å². The molecule has 1 rings (SSSR count). The largest absolute Gasteiger partial charge is 0.117 e. The van der Waals surface area contributed by atoms with Gasteiger partial charge in [-0.25, -0.2) is 0 Å². The lowest BCUT2D eigenvalue weighted by Gasteiger charge is -2.04. The minimum absolute atomic E-state index is 0.00806. The van der Waals surface area contributed by atoms with Gasteiger partial charge in [0.25, 0.3) is 0 Å². The van der Waals surface area contributed by atoms with Gasteiger partial charge in [0.05, 0.1) is 5.38 Å². The van der Waals surface area contributed by atoms with E-state index < -0.39 is 0 Å². The normalized spacial score (nSPS) is 13.0. The summed E-state index contributed by atoms with van der Waals surface area (Å²) in [4.78, 5) is 0. The monoisotopic (exact) mass is 252 g/mol. The van der Waals surface area contributed by atoms with Crippen LogP contribution in [0.5, 0.6) is 0 Å². The van der Waals surface area contributed by atoms with Crippen LogP contribution in [0.4, 0.5) is 0 Å². The molecule has 0 fully saturated rings. The van der Waals surface area contributed by atoms with Crippen LogP contribution in [0.1, 0.15) is 10.9 Å². The zero-order chi connectivity index (χ0) is 8.27. The Kier molecular flexibility index (Phi) is 3.70. The van der Waals surface area contributed by atoms with Crippen LogP contribution >= 0.6 is 39.1 Å². The highest BCUT2D eigenvalue weighted by molar-refractivity contribution is 9.09. The molecule has 0 nitrogen and oxygen atoms in total. The molecule has 60 valence electrons. The molecular weight excluding hydrogens is 247 g/mol. The summed E-state index contributed by atoms with van der Waals surface area (Å²) in [6.45, 7) is 0. The van der Waals surface area contributed by atoms with Gasteiger partial charge in [0.15, 0.2) is 0 Å². The molecule has 0 aliphatic carbocycles. The highest BCUT2D eigenvalue weighted by Crippen LogP contribution is 2.24. The van der Waals surface area contributed by atoms with E-state index in [0.717, 1.165) is 15.9 Å². The maximum Gasteiger partial charge on any atom is 0.0682 e. The Balaban J connectivity index is 2.86. The van der Waals surface area contributed by atoms with E-state index in [1.54, 1.807) is 0 Å². The molecule has 1 atom stereocenters. The average Bonchev–Trinajstić information content (AvgIpc) is 2.03. The predicted octanol–water partition coefficient (Wildman–Crippen LogP) is 4.01. The van der Waals surface area contributed by atoms with Gasteiger partial charge >= 0.3 is 0 Å². The van der Waals surface area contributed by atoms with Crippen molar-refractivity contribution in [3.8, 4) is 0 Å². The molecule has 1 unspecified atom stereocenters. The van der Waals surface area contributed by atoms with Gasteiger partial charge in [-0.3, -0.25) is 0 Å². The predicted molar refractivity (Wildman–Crippen MR) is 53.8 cm³/mol. The highest BCUT2D eigenvalue weighted by Gasteiger charge is 2.04. The number of halogens is 3. The van der Waals surface area contributed by atoms with Crippen LogP contribution in [-0.4, -0.2) is 5.33 Å². The van der Waals surface area contributed by atoms with Crippen molar-refractivity contribution < 1.29 is 0 Å². The summed E-state index contributed by atoms with van der Waals surface area (Å²) in [5.41, 5.74) is 1.05. The molecule has 0 aliphatic rings. The quantitative estimate of drug-likeness (QED) is 0.699. The van der Waals surface area contributed by atoms with Crippen molar-refractivity contribution in [2.45, 2.75) is 5.38 Å². The van der Waals surface area contributed by atoms with Gasteiger partial charge in [0, 0.05) is 10.4 Å². The van der Waals surface area contributed by atoms with E-state index in [-0.39, 0.29) is 5.38 Å². The van der Waals surface area contributed by atoms with Gasteiger partial charge < -0.3 is 0 Å². The van der Waals surface area contributed by atoms with Crippen LogP contribution < -0.4 is 0 Å². The van der Waals surface area contributed by atoms with Crippen molar-refractivity contribution in [3.63, 3.8) is 0 Å². The van der Waals surface area contributed by atoms with Crippen LogP contribution in [0.15, 0.2) is 24.3 Å². The fourth-order valence-corrected chi connectivity index (χ4v) is 1.50. The van der Waals surface area contributed by atoms with Crippen LogP contribution in [0.3, 0.4) is 0 Å². The Bertz CT molecular complexity index is 237. The first-order valence-electron chi connectivity index (χ1n) is 3.19. The van der Waals surface area contributed by atoms with Crippen molar-refractivity contribution in [1.29, 1.82) is 0 Å². The Morgan fingerprint density at radius 1 is 1.45 bits per heavy atom. The van der Waals surface area contributed by atoms with E-state index in [4.69, 9.17) is 23.2 Å². The molecule has 0 spiro atoms. The second kappa shape index (κ2) is 4.34. The number of hydrogen-bond acceptors (Lipinski definition) is 0. The summed E-state index contributed by atoms with van der Waals surface area (Å²) in [6, 6.07) is 7.57. The van der Waals surface area contributed by atoms with E-state index in [1.165, 1.54) is 0 Å². The Labute approximate surface area is 84.6 Å². The SMILES string of the molecule is Clc1cccc(C(Cl)CBr)c1. The van der Waals surface area contributed by atoms with E-state index in [9.17, 15) is 0 Å². The number of rotatable bonds is 2. The molecule has 3 heteroatoms. The standard InChI is InChI=1S/C8H7BrCl2/c9-5-8(11)6-2-1-3-7(10)4-6/h1-4,8H,5H2. The van der Waals surface area contributed by atoms with Gasteiger partial charge in [0.2, 0.25) is 0 Å². The molecule has 0 heterocycles. The molecular formula is C8H7BrCl2. The third-order valence-corrected chi connectivity index (χ3v) is 3.01. The minimum Gasteiger partial charge on any atom is -0.117 e. The van der Waals surface area contributed by atoms with Crippen LogP contribution in [0.2, 0.25) is 5.02 Å². The lowest BCUT2D eigenvalue weighted by Crippen LogP contribution is -1.89. The molecule has 0 N–H and O–H groups in total. The first-order valence-corrected chi connectivity index (χ1v) is 5.13. The summed E-state index contributed by atoms with van der Waals surface area (Å²) in [6.07, 6.45) is 0. The second-order valence-corrected chi connectivity index (χ2v) is 3.79. The van der Waals surface area contributed by atoms with Gasteiger partial charge in [-0.1, -0.05) is 39.7 Å². The summed E-state index contributed by atoms with van der Waals surface area (Å²) in [7, 11) is 0. The topological polar surface area (TPSA) is 0 Å². The van der Waals surface area contributed by atoms with Crippen LogP contribution in [-0.2, 0) is 0 Å². The second-order valence-electron chi connectivity index (χ2n) is 2.18. The van der Waals surface area contributed by atoms with Gasteiger partial charge in [-0.05, 0) is 17.7 Å². The van der Waals surface area contributed by atoms with Crippen molar-refractivity contribution >= 4 is 39.1 Å². The summed E-state index contributed by atoms with van der Waals surface area (Å²) >= 11 is 15.0.